The van der Waals surface area contributed by atoms with Gasteiger partial charge in [0.15, 0.2) is 11.5 Å². The van der Waals surface area contributed by atoms with Crippen LogP contribution in [0.2, 0.25) is 0 Å². The van der Waals surface area contributed by atoms with Crippen LogP contribution in [0.3, 0.4) is 0 Å². The number of likely N-dealkylation sites (tertiary alicyclic amines) is 1. The number of hydrogen-bond donors (Lipinski definition) is 1. The number of nitrogens with one attached hydrogen (secondary N) is 1. The molecule has 0 bridgehead atoms. The number of carbonyl (C=O) groups is 2. The van der Waals surface area contributed by atoms with Crippen LogP contribution in [0.4, 0.5) is 11.4 Å². The van der Waals surface area contributed by atoms with Crippen molar-refractivity contribution in [3.63, 3.8) is 0 Å². The van der Waals surface area contributed by atoms with Gasteiger partial charge in [0, 0.05) is 36.9 Å². The third kappa shape index (κ3) is 4.51. The Kier molecular flexibility index (Phi) is 6.51. The third-order valence-corrected chi connectivity index (χ3v) is 4.96. The number of piperidine rings is 1. The van der Waals surface area contributed by atoms with Crippen molar-refractivity contribution in [3.8, 4) is 11.5 Å². The van der Waals surface area contributed by atoms with Gasteiger partial charge in [-0.2, -0.15) is 0 Å². The quantitative estimate of drug-likeness (QED) is 0.573. The number of nitrogens with zero attached hydrogens (tertiary/aromatic N) is 2. The third-order valence-electron chi connectivity index (χ3n) is 4.96. The largest absolute Gasteiger partial charge is 0.493 e. The summed E-state index contributed by atoms with van der Waals surface area (Å²) in [5.41, 5.74) is 0.433. The molecule has 9 nitrogen and oxygen atoms in total. The van der Waals surface area contributed by atoms with E-state index in [1.807, 2.05) is 0 Å². The molecule has 0 atom stereocenters. The van der Waals surface area contributed by atoms with Gasteiger partial charge in [0.1, 0.15) is 0 Å². The average Bonchev–Trinajstić information content (AvgIpc) is 2.78. The zero-order valence-electron chi connectivity index (χ0n) is 16.8. The Morgan fingerprint density at radius 2 is 1.70 bits per heavy atom. The molecule has 30 heavy (non-hydrogen) atoms. The molecule has 2 amide bonds. The van der Waals surface area contributed by atoms with Gasteiger partial charge in [-0.05, 0) is 31.4 Å². The van der Waals surface area contributed by atoms with Crippen molar-refractivity contribution in [2.45, 2.75) is 19.3 Å². The zero-order chi connectivity index (χ0) is 21.7. The normalized spacial score (nSPS) is 13.5. The molecule has 0 saturated carbocycles. The molecule has 0 unspecified atom stereocenters. The van der Waals surface area contributed by atoms with Gasteiger partial charge in [0.25, 0.3) is 17.5 Å². The van der Waals surface area contributed by atoms with Crippen molar-refractivity contribution in [2.75, 3.05) is 32.6 Å². The van der Waals surface area contributed by atoms with Gasteiger partial charge in [0.05, 0.1) is 30.4 Å². The van der Waals surface area contributed by atoms with Crippen LogP contribution >= 0.6 is 0 Å². The van der Waals surface area contributed by atoms with Gasteiger partial charge >= 0.3 is 0 Å². The van der Waals surface area contributed by atoms with E-state index in [4.69, 9.17) is 9.47 Å². The number of nitro groups is 1. The first kappa shape index (κ1) is 21.1. The molecule has 3 rings (SSSR count). The molecule has 1 aliphatic rings. The summed E-state index contributed by atoms with van der Waals surface area (Å²) in [6.07, 6.45) is 2.93. The number of anilines is 1. The highest BCUT2D eigenvalue weighted by Crippen LogP contribution is 2.34. The van der Waals surface area contributed by atoms with Crippen LogP contribution in [0.5, 0.6) is 11.5 Å². The molecule has 1 fully saturated rings. The molecule has 1 aliphatic heterocycles. The molecule has 1 saturated heterocycles. The van der Waals surface area contributed by atoms with Gasteiger partial charge in [-0.25, -0.2) is 0 Å². The number of non-ortho nitro benzene ring substituents is 1. The molecule has 1 heterocycles. The average molecular weight is 413 g/mol. The van der Waals surface area contributed by atoms with Crippen molar-refractivity contribution in [1.82, 2.24) is 4.90 Å². The number of rotatable bonds is 6. The van der Waals surface area contributed by atoms with Crippen molar-refractivity contribution in [2.24, 2.45) is 0 Å². The molecule has 158 valence electrons. The van der Waals surface area contributed by atoms with Crippen LogP contribution in [0.15, 0.2) is 36.4 Å². The molecule has 1 N–H and O–H groups in total. The number of methoxy groups -OCH3 is 2. The van der Waals surface area contributed by atoms with Gasteiger partial charge in [-0.1, -0.05) is 6.07 Å². The van der Waals surface area contributed by atoms with Gasteiger partial charge in [-0.15, -0.1) is 0 Å². The molecule has 0 aliphatic carbocycles. The second-order valence-corrected chi connectivity index (χ2v) is 6.87. The number of nitro benzene ring substituents is 1. The predicted octanol–water partition coefficient (Wildman–Crippen LogP) is 3.49. The minimum atomic E-state index is -0.571. The predicted molar refractivity (Wildman–Crippen MR) is 110 cm³/mol. The highest BCUT2D eigenvalue weighted by molar-refractivity contribution is 6.09. The van der Waals surface area contributed by atoms with Crippen molar-refractivity contribution in [3.05, 3.63) is 57.6 Å². The van der Waals surface area contributed by atoms with E-state index in [0.29, 0.717) is 24.6 Å². The lowest BCUT2D eigenvalue weighted by molar-refractivity contribution is -0.384. The van der Waals surface area contributed by atoms with E-state index in [9.17, 15) is 19.7 Å². The second kappa shape index (κ2) is 9.25. The zero-order valence-corrected chi connectivity index (χ0v) is 16.8. The standard InChI is InChI=1S/C21H23N3O6/c1-29-18-12-16(21(26)23-9-4-3-5-10-23)17(13-19(18)30-2)22-20(25)14-7-6-8-15(11-14)24(27)28/h6-8,11-13H,3-5,9-10H2,1-2H3,(H,22,25). The number of hydrogen-bond acceptors (Lipinski definition) is 6. The van der Waals surface area contributed by atoms with Crippen LogP contribution in [-0.4, -0.2) is 48.9 Å². The minimum absolute atomic E-state index is 0.107. The van der Waals surface area contributed by atoms with Crippen molar-refractivity contribution in [1.29, 1.82) is 0 Å². The first-order valence-corrected chi connectivity index (χ1v) is 9.55. The second-order valence-electron chi connectivity index (χ2n) is 6.87. The Labute approximate surface area is 173 Å². The number of benzene rings is 2. The summed E-state index contributed by atoms with van der Waals surface area (Å²) in [5.74, 6) is -0.0724. The summed E-state index contributed by atoms with van der Waals surface area (Å²) in [4.78, 5) is 38.1. The molecular formula is C21H23N3O6. The van der Waals surface area contributed by atoms with Crippen molar-refractivity contribution < 1.29 is 24.0 Å². The SMILES string of the molecule is COc1cc(NC(=O)c2cccc([N+](=O)[O-])c2)c(C(=O)N2CCCCC2)cc1OC. The fourth-order valence-electron chi connectivity index (χ4n) is 3.38. The number of amides is 2. The molecule has 9 heteroatoms. The van der Waals surface area contributed by atoms with E-state index >= 15 is 0 Å². The van der Waals surface area contributed by atoms with E-state index in [2.05, 4.69) is 5.32 Å². The number of ether oxygens (including phenoxy) is 2. The summed E-state index contributed by atoms with van der Waals surface area (Å²) < 4.78 is 10.6. The van der Waals surface area contributed by atoms with Crippen LogP contribution in [0, 0.1) is 10.1 Å². The molecular weight excluding hydrogens is 390 g/mol. The highest BCUT2D eigenvalue weighted by Gasteiger charge is 2.24. The summed E-state index contributed by atoms with van der Waals surface area (Å²) in [6.45, 7) is 1.29. The first-order valence-electron chi connectivity index (χ1n) is 9.55. The maximum Gasteiger partial charge on any atom is 0.270 e. The topological polar surface area (TPSA) is 111 Å². The molecule has 2 aromatic rings. The first-order chi connectivity index (χ1) is 14.4. The van der Waals surface area contributed by atoms with Gasteiger partial charge in [0.2, 0.25) is 0 Å². The van der Waals surface area contributed by atoms with E-state index in [-0.39, 0.29) is 28.4 Å². The Morgan fingerprint density at radius 1 is 1.03 bits per heavy atom. The van der Waals surface area contributed by atoms with Crippen LogP contribution in [0.1, 0.15) is 40.0 Å². The Bertz CT molecular complexity index is 969. The smallest absolute Gasteiger partial charge is 0.270 e. The highest BCUT2D eigenvalue weighted by atomic mass is 16.6. The minimum Gasteiger partial charge on any atom is -0.493 e. The van der Waals surface area contributed by atoms with Gasteiger partial charge < -0.3 is 19.7 Å². The summed E-state index contributed by atoms with van der Waals surface area (Å²) >= 11 is 0. The Balaban J connectivity index is 1.97. The molecule has 0 spiro atoms. The monoisotopic (exact) mass is 413 g/mol. The van der Waals surface area contributed by atoms with E-state index in [0.717, 1.165) is 19.3 Å². The Hall–Kier alpha value is -3.62. The Morgan fingerprint density at radius 3 is 2.33 bits per heavy atom. The maximum atomic E-state index is 13.1. The summed E-state index contributed by atoms with van der Waals surface area (Å²) in [6, 6.07) is 8.45. The van der Waals surface area contributed by atoms with Crippen LogP contribution in [-0.2, 0) is 0 Å². The lowest BCUT2D eigenvalue weighted by Gasteiger charge is -2.28. The maximum absolute atomic E-state index is 13.1. The molecule has 2 aromatic carbocycles. The summed E-state index contributed by atoms with van der Waals surface area (Å²) in [7, 11) is 2.92. The fourth-order valence-corrected chi connectivity index (χ4v) is 3.38. The van der Waals surface area contributed by atoms with Crippen LogP contribution in [0.25, 0.3) is 0 Å². The van der Waals surface area contributed by atoms with Crippen LogP contribution < -0.4 is 14.8 Å². The van der Waals surface area contributed by atoms with Gasteiger partial charge in [-0.3, -0.25) is 19.7 Å². The van der Waals surface area contributed by atoms with E-state index in [1.54, 1.807) is 11.0 Å². The molecule has 0 aromatic heterocycles. The lowest BCUT2D eigenvalue weighted by atomic mass is 10.1. The summed E-state index contributed by atoms with van der Waals surface area (Å²) in [5, 5.41) is 13.7. The fraction of sp³-hybridized carbons (Fsp3) is 0.333. The van der Waals surface area contributed by atoms with E-state index < -0.39 is 10.8 Å². The van der Waals surface area contributed by atoms with Crippen molar-refractivity contribution >= 4 is 23.2 Å². The molecule has 0 radical (unpaired) electrons. The number of carbonyl (C=O) groups excluding carboxylic acids is 2. The lowest BCUT2D eigenvalue weighted by Crippen LogP contribution is -2.36. The van der Waals surface area contributed by atoms with E-state index in [1.165, 1.54) is 44.6 Å².